The van der Waals surface area contributed by atoms with Gasteiger partial charge in [-0.05, 0) is 43.8 Å². The number of amides is 1. The zero-order valence-electron chi connectivity index (χ0n) is 20.7. The number of pyridine rings is 1. The van der Waals surface area contributed by atoms with Crippen molar-refractivity contribution in [2.24, 2.45) is 5.73 Å². The van der Waals surface area contributed by atoms with Crippen molar-refractivity contribution >= 4 is 29.2 Å². The van der Waals surface area contributed by atoms with Gasteiger partial charge in [-0.15, -0.1) is 0 Å². The fourth-order valence-corrected chi connectivity index (χ4v) is 4.70. The highest BCUT2D eigenvalue weighted by Gasteiger charge is 2.29. The van der Waals surface area contributed by atoms with Crippen molar-refractivity contribution in [1.29, 1.82) is 5.26 Å². The van der Waals surface area contributed by atoms with Gasteiger partial charge in [-0.3, -0.25) is 0 Å². The van der Waals surface area contributed by atoms with Crippen LogP contribution < -0.4 is 20.9 Å². The highest BCUT2D eigenvalue weighted by molar-refractivity contribution is 5.71. The Hall–Kier alpha value is -4.43. The zero-order valence-corrected chi connectivity index (χ0v) is 20.7. The molecule has 190 valence electrons. The number of aromatic nitrogens is 3. The normalized spacial score (nSPS) is 17.9. The van der Waals surface area contributed by atoms with Gasteiger partial charge in [0.15, 0.2) is 6.23 Å². The number of carbonyl (C=O) groups excluding carboxylic acids is 1. The van der Waals surface area contributed by atoms with E-state index in [1.54, 1.807) is 24.5 Å². The minimum atomic E-state index is -0.822. The van der Waals surface area contributed by atoms with Gasteiger partial charge < -0.3 is 30.5 Å². The predicted octanol–water partition coefficient (Wildman–Crippen LogP) is 2.93. The van der Waals surface area contributed by atoms with Gasteiger partial charge in [-0.1, -0.05) is 6.07 Å². The first-order valence-corrected chi connectivity index (χ1v) is 12.3. The van der Waals surface area contributed by atoms with Crippen molar-refractivity contribution < 1.29 is 9.53 Å². The van der Waals surface area contributed by atoms with Crippen LogP contribution >= 0.6 is 0 Å². The first-order valence-electron chi connectivity index (χ1n) is 12.3. The topological polar surface area (TPSA) is 137 Å². The van der Waals surface area contributed by atoms with Crippen LogP contribution in [0.3, 0.4) is 0 Å². The molecule has 0 bridgehead atoms. The molecule has 0 radical (unpaired) electrons. The number of primary amides is 1. The highest BCUT2D eigenvalue weighted by atomic mass is 16.6. The number of hydrogen-bond donors (Lipinski definition) is 2. The van der Waals surface area contributed by atoms with E-state index in [9.17, 15) is 10.1 Å². The van der Waals surface area contributed by atoms with E-state index in [4.69, 9.17) is 10.5 Å². The molecule has 2 saturated heterocycles. The summed E-state index contributed by atoms with van der Waals surface area (Å²) in [5.74, 6) is 1.39. The largest absolute Gasteiger partial charge is 0.426 e. The van der Waals surface area contributed by atoms with Crippen LogP contribution in [-0.2, 0) is 4.74 Å². The number of ether oxygens (including phenoxy) is 1. The van der Waals surface area contributed by atoms with Gasteiger partial charge in [-0.2, -0.15) is 5.26 Å². The van der Waals surface area contributed by atoms with Crippen LogP contribution in [0.2, 0.25) is 0 Å². The molecule has 1 aromatic carbocycles. The number of piperazine rings is 1. The minimum Gasteiger partial charge on any atom is -0.426 e. The van der Waals surface area contributed by atoms with Crippen LogP contribution in [0.4, 0.5) is 27.9 Å². The summed E-state index contributed by atoms with van der Waals surface area (Å²) in [5.41, 5.74) is 8.63. The Morgan fingerprint density at radius 1 is 1.14 bits per heavy atom. The molecular weight excluding hydrogens is 470 g/mol. The van der Waals surface area contributed by atoms with E-state index >= 15 is 0 Å². The molecule has 0 spiro atoms. The summed E-state index contributed by atoms with van der Waals surface area (Å²) in [4.78, 5) is 31.4. The van der Waals surface area contributed by atoms with Gasteiger partial charge >= 0.3 is 6.09 Å². The molecule has 1 amide bonds. The molecule has 0 saturated carbocycles. The maximum Gasteiger partial charge on any atom is 0.406 e. The fourth-order valence-electron chi connectivity index (χ4n) is 4.70. The molecule has 2 aliphatic rings. The number of carbonyl (C=O) groups is 1. The third-order valence-electron chi connectivity index (χ3n) is 6.66. The maximum absolute atomic E-state index is 11.3. The van der Waals surface area contributed by atoms with Crippen molar-refractivity contribution in [2.45, 2.75) is 19.1 Å². The highest BCUT2D eigenvalue weighted by Crippen LogP contribution is 2.32. The smallest absolute Gasteiger partial charge is 0.406 e. The first kappa shape index (κ1) is 24.3. The van der Waals surface area contributed by atoms with Crippen molar-refractivity contribution in [3.63, 3.8) is 0 Å². The quantitative estimate of drug-likeness (QED) is 0.521. The van der Waals surface area contributed by atoms with Crippen molar-refractivity contribution in [3.05, 3.63) is 54.4 Å². The number of nitrogens with one attached hydrogen (secondary N) is 1. The number of benzene rings is 1. The Kier molecular flexibility index (Phi) is 7.00. The van der Waals surface area contributed by atoms with Gasteiger partial charge in [0.25, 0.3) is 0 Å². The maximum atomic E-state index is 11.3. The lowest BCUT2D eigenvalue weighted by atomic mass is 10.1. The Morgan fingerprint density at radius 2 is 1.97 bits per heavy atom. The number of anilines is 4. The summed E-state index contributed by atoms with van der Waals surface area (Å²) in [5, 5.41) is 13.0. The number of nitriles is 1. The van der Waals surface area contributed by atoms with Gasteiger partial charge in [0, 0.05) is 50.9 Å². The van der Waals surface area contributed by atoms with Crippen LogP contribution in [-0.4, -0.2) is 71.9 Å². The van der Waals surface area contributed by atoms with E-state index in [1.807, 2.05) is 29.2 Å². The minimum absolute atomic E-state index is 0.434. The molecule has 2 aromatic heterocycles. The summed E-state index contributed by atoms with van der Waals surface area (Å²) >= 11 is 0. The van der Waals surface area contributed by atoms with E-state index in [2.05, 4.69) is 43.2 Å². The van der Waals surface area contributed by atoms with Gasteiger partial charge in [0.2, 0.25) is 5.95 Å². The van der Waals surface area contributed by atoms with E-state index in [-0.39, 0.29) is 0 Å². The average Bonchev–Trinajstić information content (AvgIpc) is 3.36. The zero-order chi connectivity index (χ0) is 25.8. The molecular formula is C26H29N9O2. The summed E-state index contributed by atoms with van der Waals surface area (Å²) in [6.07, 6.45) is 3.68. The van der Waals surface area contributed by atoms with Gasteiger partial charge in [0.1, 0.15) is 11.9 Å². The predicted molar refractivity (Wildman–Crippen MR) is 140 cm³/mol. The molecule has 5 rings (SSSR count). The van der Waals surface area contributed by atoms with Crippen molar-refractivity contribution in [2.75, 3.05) is 54.9 Å². The molecule has 37 heavy (non-hydrogen) atoms. The summed E-state index contributed by atoms with van der Waals surface area (Å²) < 4.78 is 5.23. The monoisotopic (exact) mass is 499 g/mol. The molecule has 3 aromatic rings. The van der Waals surface area contributed by atoms with Crippen molar-refractivity contribution in [1.82, 2.24) is 19.9 Å². The fraction of sp³-hybridized carbons (Fsp3) is 0.346. The number of nitrogens with two attached hydrogens (primary N) is 1. The lowest BCUT2D eigenvalue weighted by molar-refractivity contribution is 0.111. The number of nitrogens with zero attached hydrogens (tertiary/aromatic N) is 7. The second kappa shape index (κ2) is 10.7. The van der Waals surface area contributed by atoms with Crippen molar-refractivity contribution in [3.8, 4) is 17.3 Å². The van der Waals surface area contributed by atoms with E-state index in [1.165, 1.54) is 0 Å². The lowest BCUT2D eigenvalue weighted by Crippen LogP contribution is -2.44. The molecule has 11 heteroatoms. The van der Waals surface area contributed by atoms with Crippen LogP contribution in [0, 0.1) is 11.3 Å². The SMILES string of the molecule is CN1CCN(c2ccc(Nc3nccc(-c4ccc(N5CCC[C@H]5OC(N)=O)c(C#N)c4)n3)cn2)CC1. The Bertz CT molecular complexity index is 1300. The lowest BCUT2D eigenvalue weighted by Gasteiger charge is -2.33. The molecule has 4 heterocycles. The van der Waals surface area contributed by atoms with Crippen LogP contribution in [0.5, 0.6) is 0 Å². The van der Waals surface area contributed by atoms with Crippen LogP contribution in [0.15, 0.2) is 48.8 Å². The molecule has 0 aliphatic carbocycles. The molecule has 0 unspecified atom stereocenters. The van der Waals surface area contributed by atoms with E-state index in [0.29, 0.717) is 35.9 Å². The Labute approximate surface area is 215 Å². The first-order chi connectivity index (χ1) is 18.0. The summed E-state index contributed by atoms with van der Waals surface area (Å²) in [6.45, 7) is 4.64. The van der Waals surface area contributed by atoms with Gasteiger partial charge in [0.05, 0.1) is 28.8 Å². The Morgan fingerprint density at radius 3 is 2.70 bits per heavy atom. The Balaban J connectivity index is 1.31. The standard InChI is InChI=1S/C26H29N9O2/c1-33-11-13-34(14-12-33)23-7-5-20(17-30-23)31-26-29-9-8-21(32-26)18-4-6-22(19(15-18)16-27)35-10-2-3-24(35)37-25(28)36/h4-9,15,17,24H,2-3,10-14H2,1H3,(H2,28,36)(H,29,31,32)/t24-/m1/s1. The molecule has 1 atom stereocenters. The molecule has 2 aliphatic heterocycles. The van der Waals surface area contributed by atoms with E-state index in [0.717, 1.165) is 49.7 Å². The van der Waals surface area contributed by atoms with Crippen LogP contribution in [0.1, 0.15) is 18.4 Å². The van der Waals surface area contributed by atoms with Gasteiger partial charge in [-0.25, -0.2) is 19.7 Å². The molecule has 2 fully saturated rings. The summed E-state index contributed by atoms with van der Waals surface area (Å²) in [7, 11) is 2.13. The van der Waals surface area contributed by atoms with Crippen LogP contribution in [0.25, 0.3) is 11.3 Å². The molecule has 11 nitrogen and oxygen atoms in total. The number of rotatable bonds is 6. The number of hydrogen-bond acceptors (Lipinski definition) is 10. The average molecular weight is 500 g/mol. The molecule has 3 N–H and O–H groups in total. The van der Waals surface area contributed by atoms with E-state index < -0.39 is 12.3 Å². The third-order valence-corrected chi connectivity index (χ3v) is 6.66. The second-order valence-electron chi connectivity index (χ2n) is 9.16. The second-order valence-corrected chi connectivity index (χ2v) is 9.16. The number of likely N-dealkylation sites (N-methyl/N-ethyl adjacent to an activating group) is 1. The summed E-state index contributed by atoms with van der Waals surface area (Å²) in [6, 6.07) is 13.6. The third kappa shape index (κ3) is 5.54.